The van der Waals surface area contributed by atoms with Crippen LogP contribution in [0.3, 0.4) is 0 Å². The zero-order chi connectivity index (χ0) is 14.6. The number of nitrogens with two attached hydrogens (primary N) is 2. The molecule has 0 aliphatic rings. The molecule has 108 valence electrons. The summed E-state index contributed by atoms with van der Waals surface area (Å²) >= 11 is 1.10. The van der Waals surface area contributed by atoms with E-state index in [1.807, 2.05) is 0 Å². The summed E-state index contributed by atoms with van der Waals surface area (Å²) in [4.78, 5) is 20.2. The molecule has 0 fully saturated rings. The summed E-state index contributed by atoms with van der Waals surface area (Å²) in [6.45, 7) is 0. The van der Waals surface area contributed by atoms with Gasteiger partial charge in [-0.25, -0.2) is 0 Å². The molecule has 0 aromatic heterocycles. The van der Waals surface area contributed by atoms with Crippen LogP contribution in [-0.4, -0.2) is 64.1 Å². The second-order valence-corrected chi connectivity index (χ2v) is 7.59. The van der Waals surface area contributed by atoms with Crippen LogP contribution in [0.4, 0.5) is 0 Å². The SMILES string of the molecule is C[Se]CCC(N)C(=O)O.C[Se]CCC(N)C(=O)O. The van der Waals surface area contributed by atoms with Crippen molar-refractivity contribution in [3.8, 4) is 0 Å². The Bertz CT molecular complexity index is 218. The van der Waals surface area contributed by atoms with Crippen molar-refractivity contribution in [1.82, 2.24) is 0 Å². The first-order valence-corrected chi connectivity index (χ1v) is 11.2. The summed E-state index contributed by atoms with van der Waals surface area (Å²) in [6, 6.07) is -1.29. The van der Waals surface area contributed by atoms with Crippen LogP contribution in [0, 0.1) is 0 Å². The van der Waals surface area contributed by atoms with Crippen LogP contribution in [0.1, 0.15) is 12.8 Å². The first-order valence-electron chi connectivity index (χ1n) is 5.31. The Kier molecular flexibility index (Phi) is 15.0. The minimum absolute atomic E-state index is 0.549. The number of carbonyl (C=O) groups is 2. The van der Waals surface area contributed by atoms with E-state index in [2.05, 4.69) is 11.6 Å². The van der Waals surface area contributed by atoms with Gasteiger partial charge in [0.25, 0.3) is 0 Å². The Labute approximate surface area is 120 Å². The molecule has 0 saturated heterocycles. The number of carboxylic acid groups (broad SMARTS) is 2. The maximum absolute atomic E-state index is 10.1. The van der Waals surface area contributed by atoms with Gasteiger partial charge in [0.2, 0.25) is 0 Å². The van der Waals surface area contributed by atoms with Gasteiger partial charge in [0.05, 0.1) is 0 Å². The van der Waals surface area contributed by atoms with Crippen LogP contribution in [0.2, 0.25) is 22.3 Å². The average Bonchev–Trinajstić information content (AvgIpc) is 2.33. The van der Waals surface area contributed by atoms with Gasteiger partial charge < -0.3 is 0 Å². The van der Waals surface area contributed by atoms with Crippen LogP contribution in [0.5, 0.6) is 0 Å². The van der Waals surface area contributed by atoms with Gasteiger partial charge in [0, 0.05) is 0 Å². The fraction of sp³-hybridized carbons (Fsp3) is 0.800. The number of aliphatic carboxylic acids is 2. The second kappa shape index (κ2) is 13.3. The van der Waals surface area contributed by atoms with E-state index in [1.165, 1.54) is 0 Å². The van der Waals surface area contributed by atoms with Crippen molar-refractivity contribution in [1.29, 1.82) is 0 Å². The van der Waals surface area contributed by atoms with Gasteiger partial charge in [0.15, 0.2) is 0 Å². The summed E-state index contributed by atoms with van der Waals surface area (Å²) in [7, 11) is 0. The predicted octanol–water partition coefficient (Wildman–Crippen LogP) is -0.0820. The van der Waals surface area contributed by atoms with Gasteiger partial charge >= 0.3 is 120 Å². The molecular formula is C10H22N2O4Se2. The summed E-state index contributed by atoms with van der Waals surface area (Å²) in [5.74, 6) is 2.36. The van der Waals surface area contributed by atoms with E-state index >= 15 is 0 Å². The molecule has 2 atom stereocenters. The first-order chi connectivity index (χ1) is 8.36. The van der Waals surface area contributed by atoms with Crippen molar-refractivity contribution in [3.05, 3.63) is 0 Å². The molecule has 2 unspecified atom stereocenters. The van der Waals surface area contributed by atoms with Crippen LogP contribution in [0.15, 0.2) is 0 Å². The van der Waals surface area contributed by atoms with Crippen molar-refractivity contribution in [2.24, 2.45) is 11.5 Å². The molecule has 18 heavy (non-hydrogen) atoms. The third kappa shape index (κ3) is 14.0. The molecule has 0 aromatic rings. The van der Waals surface area contributed by atoms with Crippen LogP contribution >= 0.6 is 0 Å². The normalized spacial score (nSPS) is 13.1. The Morgan fingerprint density at radius 3 is 1.39 bits per heavy atom. The molecule has 0 aliphatic carbocycles. The van der Waals surface area contributed by atoms with Gasteiger partial charge in [0.1, 0.15) is 0 Å². The Morgan fingerprint density at radius 1 is 0.944 bits per heavy atom. The summed E-state index contributed by atoms with van der Waals surface area (Å²) in [6.07, 6.45) is 1.23. The fourth-order valence-corrected chi connectivity index (χ4v) is 2.79. The first kappa shape index (κ1) is 20.2. The number of hydrogen-bond donors (Lipinski definition) is 4. The molecule has 6 N–H and O–H groups in total. The maximum atomic E-state index is 10.1. The van der Waals surface area contributed by atoms with Crippen molar-refractivity contribution in [2.45, 2.75) is 47.2 Å². The van der Waals surface area contributed by atoms with Gasteiger partial charge in [-0.2, -0.15) is 0 Å². The Morgan fingerprint density at radius 2 is 1.22 bits per heavy atom. The molecule has 6 nitrogen and oxygen atoms in total. The van der Waals surface area contributed by atoms with Crippen molar-refractivity contribution >= 4 is 41.9 Å². The molecule has 0 aromatic carbocycles. The zero-order valence-corrected chi connectivity index (χ0v) is 14.1. The third-order valence-electron chi connectivity index (χ3n) is 1.90. The fourth-order valence-electron chi connectivity index (χ4n) is 0.737. The van der Waals surface area contributed by atoms with Crippen molar-refractivity contribution in [2.75, 3.05) is 0 Å². The molecule has 0 spiro atoms. The molecular weight excluding hydrogens is 370 g/mol. The molecule has 0 heterocycles. The van der Waals surface area contributed by atoms with Gasteiger partial charge in [-0.05, 0) is 0 Å². The topological polar surface area (TPSA) is 127 Å². The standard InChI is InChI=1S/2C5H11NO2Se/c2*1-9-3-2-4(6)5(7)8/h2*4H,2-3,6H2,1H3,(H,7,8). The molecule has 0 aliphatic heterocycles. The Hall–Kier alpha value is -0.101. The van der Waals surface area contributed by atoms with Gasteiger partial charge in [-0.3, -0.25) is 0 Å². The van der Waals surface area contributed by atoms with Gasteiger partial charge in [-0.15, -0.1) is 0 Å². The quantitative estimate of drug-likeness (QED) is 0.428. The number of carboxylic acids is 2. The van der Waals surface area contributed by atoms with Crippen LogP contribution in [-0.2, 0) is 9.59 Å². The van der Waals surface area contributed by atoms with Crippen molar-refractivity contribution < 1.29 is 19.8 Å². The van der Waals surface area contributed by atoms with E-state index in [4.69, 9.17) is 21.7 Å². The van der Waals surface area contributed by atoms with E-state index < -0.39 is 24.0 Å². The van der Waals surface area contributed by atoms with Gasteiger partial charge in [-0.1, -0.05) is 0 Å². The minimum atomic E-state index is -0.890. The monoisotopic (exact) mass is 394 g/mol. The Balaban J connectivity index is 0. The zero-order valence-electron chi connectivity index (χ0n) is 10.7. The molecule has 0 rings (SSSR count). The second-order valence-electron chi connectivity index (χ2n) is 3.45. The van der Waals surface area contributed by atoms with Crippen LogP contribution in [0.25, 0.3) is 0 Å². The summed E-state index contributed by atoms with van der Waals surface area (Å²) in [5, 5.41) is 18.5. The average molecular weight is 392 g/mol. The molecule has 0 bridgehead atoms. The molecule has 8 heteroatoms. The molecule has 0 radical (unpaired) electrons. The van der Waals surface area contributed by atoms with E-state index in [-0.39, 0.29) is 0 Å². The number of hydrogen-bond acceptors (Lipinski definition) is 4. The van der Waals surface area contributed by atoms with E-state index in [0.717, 1.165) is 10.6 Å². The van der Waals surface area contributed by atoms with Crippen LogP contribution < -0.4 is 11.5 Å². The third-order valence-corrected chi connectivity index (χ3v) is 4.60. The molecule has 0 amide bonds. The van der Waals surface area contributed by atoms with E-state index in [1.54, 1.807) is 0 Å². The van der Waals surface area contributed by atoms with E-state index in [0.29, 0.717) is 42.8 Å². The predicted molar refractivity (Wildman–Crippen MR) is 73.3 cm³/mol. The summed E-state index contributed by atoms with van der Waals surface area (Å²) < 4.78 is 0. The molecule has 0 saturated carbocycles. The number of rotatable bonds is 8. The van der Waals surface area contributed by atoms with E-state index in [9.17, 15) is 9.59 Å². The van der Waals surface area contributed by atoms with Crippen molar-refractivity contribution in [3.63, 3.8) is 0 Å². The summed E-state index contributed by atoms with van der Waals surface area (Å²) in [5.41, 5.74) is 10.4.